The maximum atomic E-state index is 13.0. The maximum absolute atomic E-state index is 13.0. The third-order valence-corrected chi connectivity index (χ3v) is 7.06. The highest BCUT2D eigenvalue weighted by Crippen LogP contribution is 2.36. The van der Waals surface area contributed by atoms with Crippen LogP contribution in [0, 0.1) is 0 Å². The summed E-state index contributed by atoms with van der Waals surface area (Å²) in [6.07, 6.45) is 12.2. The van der Waals surface area contributed by atoms with Crippen LogP contribution >= 0.6 is 23.2 Å². The molecule has 1 heterocycles. The number of pyridine rings is 1. The number of anilines is 1. The minimum atomic E-state index is -0.591. The molecule has 5 N–H and O–H groups in total. The summed E-state index contributed by atoms with van der Waals surface area (Å²) < 4.78 is 0. The van der Waals surface area contributed by atoms with E-state index in [0.717, 1.165) is 12.8 Å². The number of aromatic nitrogens is 1. The van der Waals surface area contributed by atoms with Crippen LogP contribution in [0.3, 0.4) is 0 Å². The van der Waals surface area contributed by atoms with Gasteiger partial charge in [-0.2, -0.15) is 0 Å². The van der Waals surface area contributed by atoms with Crippen molar-refractivity contribution in [2.24, 2.45) is 0 Å². The Kier molecular flexibility index (Phi) is 10.5. The van der Waals surface area contributed by atoms with Crippen molar-refractivity contribution in [3.63, 3.8) is 0 Å². The van der Waals surface area contributed by atoms with E-state index in [-0.39, 0.29) is 32.7 Å². The number of H-pyrrole nitrogens is 1. The van der Waals surface area contributed by atoms with E-state index >= 15 is 0 Å². The number of hydrogen-bond donors (Lipinski definition) is 4. The lowest BCUT2D eigenvalue weighted by molar-refractivity contribution is 0.0954. The minimum absolute atomic E-state index is 0.117. The highest BCUT2D eigenvalue weighted by Gasteiger charge is 2.19. The number of aromatic hydroxyl groups is 1. The second-order valence-electron chi connectivity index (χ2n) is 9.20. The number of nitrogens with two attached hydrogens (primary N) is 1. The molecule has 0 aliphatic carbocycles. The van der Waals surface area contributed by atoms with Gasteiger partial charge in [0.2, 0.25) is 5.43 Å². The first-order valence-corrected chi connectivity index (χ1v) is 13.5. The topological polar surface area (TPSA) is 108 Å². The average molecular weight is 533 g/mol. The van der Waals surface area contributed by atoms with E-state index in [1.165, 1.54) is 63.5 Å². The van der Waals surface area contributed by atoms with E-state index in [9.17, 15) is 14.7 Å². The number of aromatic amines is 1. The number of para-hydroxylation sites is 1. The highest BCUT2D eigenvalue weighted by atomic mass is 35.5. The third kappa shape index (κ3) is 6.95. The quantitative estimate of drug-likeness (QED) is 0.136. The Labute approximate surface area is 222 Å². The molecule has 0 aliphatic rings. The number of unbranched alkanes of at least 4 members (excludes halogenated alkanes) is 9. The van der Waals surface area contributed by atoms with Crippen molar-refractivity contribution in [1.29, 1.82) is 0 Å². The smallest absolute Gasteiger partial charge is 0.253 e. The van der Waals surface area contributed by atoms with Crippen LogP contribution in [-0.4, -0.2) is 22.5 Å². The van der Waals surface area contributed by atoms with Crippen molar-refractivity contribution < 1.29 is 9.90 Å². The van der Waals surface area contributed by atoms with Gasteiger partial charge in [-0.05, 0) is 30.7 Å². The second-order valence-corrected chi connectivity index (χ2v) is 10.0. The predicted octanol–water partition coefficient (Wildman–Crippen LogP) is 7.44. The molecular weight excluding hydrogens is 497 g/mol. The van der Waals surface area contributed by atoms with Gasteiger partial charge in [-0.25, -0.2) is 0 Å². The molecule has 2 aromatic carbocycles. The summed E-state index contributed by atoms with van der Waals surface area (Å²) in [5.74, 6) is -0.764. The summed E-state index contributed by atoms with van der Waals surface area (Å²) >= 11 is 12.3. The molecule has 0 atom stereocenters. The van der Waals surface area contributed by atoms with Crippen LogP contribution < -0.4 is 16.5 Å². The maximum Gasteiger partial charge on any atom is 0.253 e. The molecule has 0 bridgehead atoms. The number of fused-ring (bicyclic) bond motifs is 1. The molecule has 194 valence electrons. The zero-order valence-electron chi connectivity index (χ0n) is 20.8. The number of halogens is 2. The van der Waals surface area contributed by atoms with Gasteiger partial charge in [-0.3, -0.25) is 9.59 Å². The van der Waals surface area contributed by atoms with Gasteiger partial charge in [-0.15, -0.1) is 0 Å². The number of nitrogen functional groups attached to an aromatic ring is 1. The van der Waals surface area contributed by atoms with Gasteiger partial charge in [0.15, 0.2) is 5.75 Å². The van der Waals surface area contributed by atoms with Crippen molar-refractivity contribution in [3.05, 3.63) is 56.2 Å². The summed E-state index contributed by atoms with van der Waals surface area (Å²) in [5.41, 5.74) is 6.59. The molecule has 36 heavy (non-hydrogen) atoms. The molecule has 1 amide bonds. The Morgan fingerprint density at radius 3 is 2.17 bits per heavy atom. The minimum Gasteiger partial charge on any atom is -0.503 e. The summed E-state index contributed by atoms with van der Waals surface area (Å²) in [7, 11) is 0. The fourth-order valence-electron chi connectivity index (χ4n) is 4.34. The number of rotatable bonds is 13. The largest absolute Gasteiger partial charge is 0.503 e. The molecule has 0 saturated carbocycles. The number of benzene rings is 2. The zero-order valence-corrected chi connectivity index (χ0v) is 22.3. The van der Waals surface area contributed by atoms with Gasteiger partial charge in [0.25, 0.3) is 5.91 Å². The van der Waals surface area contributed by atoms with Crippen LogP contribution in [-0.2, 0) is 0 Å². The first-order chi connectivity index (χ1) is 17.3. The molecule has 0 saturated heterocycles. The highest BCUT2D eigenvalue weighted by molar-refractivity contribution is 6.39. The number of amides is 1. The number of nitrogens with one attached hydrogen (secondary N) is 2. The van der Waals surface area contributed by atoms with Crippen molar-refractivity contribution in [2.75, 3.05) is 12.3 Å². The van der Waals surface area contributed by atoms with Crippen molar-refractivity contribution in [2.45, 2.75) is 71.1 Å². The van der Waals surface area contributed by atoms with Gasteiger partial charge in [0, 0.05) is 12.1 Å². The predicted molar refractivity (Wildman–Crippen MR) is 150 cm³/mol. The van der Waals surface area contributed by atoms with E-state index in [2.05, 4.69) is 17.2 Å². The second kappa shape index (κ2) is 13.6. The third-order valence-electron chi connectivity index (χ3n) is 6.44. The Morgan fingerprint density at radius 2 is 1.56 bits per heavy atom. The summed E-state index contributed by atoms with van der Waals surface area (Å²) in [4.78, 5) is 28.9. The van der Waals surface area contributed by atoms with Gasteiger partial charge < -0.3 is 21.1 Å². The lowest BCUT2D eigenvalue weighted by Crippen LogP contribution is -2.25. The first kappa shape index (κ1) is 27.9. The fraction of sp³-hybridized carbons (Fsp3) is 0.429. The van der Waals surface area contributed by atoms with E-state index in [0.29, 0.717) is 23.2 Å². The van der Waals surface area contributed by atoms with Crippen molar-refractivity contribution in [1.82, 2.24) is 10.3 Å². The summed E-state index contributed by atoms with van der Waals surface area (Å²) in [6.45, 7) is 2.79. The normalized spacial score (nSPS) is 11.2. The number of carbonyl (C=O) groups is 1. The molecule has 3 aromatic rings. The molecule has 8 heteroatoms. The van der Waals surface area contributed by atoms with Crippen LogP contribution in [0.4, 0.5) is 5.69 Å². The summed E-state index contributed by atoms with van der Waals surface area (Å²) in [5, 5.41) is 14.1. The molecule has 0 spiro atoms. The van der Waals surface area contributed by atoms with E-state index in [1.54, 1.807) is 18.2 Å². The van der Waals surface area contributed by atoms with E-state index in [4.69, 9.17) is 28.9 Å². The van der Waals surface area contributed by atoms with Crippen LogP contribution in [0.2, 0.25) is 10.0 Å². The molecule has 0 radical (unpaired) electrons. The van der Waals surface area contributed by atoms with Crippen molar-refractivity contribution in [3.8, 4) is 17.0 Å². The molecule has 1 aromatic heterocycles. The molecule has 3 rings (SSSR count). The van der Waals surface area contributed by atoms with Crippen LogP contribution in [0.1, 0.15) is 81.5 Å². The average Bonchev–Trinajstić information content (AvgIpc) is 2.87. The Morgan fingerprint density at radius 1 is 0.972 bits per heavy atom. The Bertz CT molecular complexity index is 1230. The summed E-state index contributed by atoms with van der Waals surface area (Å²) in [6, 6.07) is 7.86. The monoisotopic (exact) mass is 531 g/mol. The number of carbonyl (C=O) groups excluding carboxylic acids is 1. The lowest BCUT2D eigenvalue weighted by Gasteiger charge is -2.12. The lowest BCUT2D eigenvalue weighted by atomic mass is 10.0. The van der Waals surface area contributed by atoms with Crippen LogP contribution in [0.15, 0.2) is 35.1 Å². The Balaban J connectivity index is 1.66. The Hall–Kier alpha value is -2.70. The standard InChI is InChI=1S/C28H35Cl2N3O3/c1-2-3-4-5-6-7-8-9-10-11-15-32-28(36)20-14-12-13-19-25(20)33-24(27(35)26(19)34)18-16-21(29)23(31)22(30)17-18/h12-14,16-17,35H,2-11,15,31H2,1H3,(H,32,36)(H,33,34). The van der Waals surface area contributed by atoms with Crippen molar-refractivity contribution >= 4 is 45.7 Å². The molecule has 6 nitrogen and oxygen atoms in total. The molecular formula is C28H35Cl2N3O3. The molecule has 0 aliphatic heterocycles. The van der Waals surface area contributed by atoms with Gasteiger partial charge in [0.05, 0.1) is 37.9 Å². The van der Waals surface area contributed by atoms with Crippen LogP contribution in [0.25, 0.3) is 22.2 Å². The van der Waals surface area contributed by atoms with Gasteiger partial charge >= 0.3 is 0 Å². The van der Waals surface area contributed by atoms with Gasteiger partial charge in [-0.1, -0.05) is 94.0 Å². The van der Waals surface area contributed by atoms with E-state index in [1.807, 2.05) is 0 Å². The molecule has 0 fully saturated rings. The SMILES string of the molecule is CCCCCCCCCCCCNC(=O)c1cccc2c(=O)c(O)c(-c3cc(Cl)c(N)c(Cl)c3)[nH]c12. The zero-order chi connectivity index (χ0) is 26.1. The van der Waals surface area contributed by atoms with E-state index < -0.39 is 11.2 Å². The first-order valence-electron chi connectivity index (χ1n) is 12.8. The van der Waals surface area contributed by atoms with Crippen LogP contribution in [0.5, 0.6) is 5.75 Å². The van der Waals surface area contributed by atoms with Gasteiger partial charge in [0.1, 0.15) is 0 Å². The molecule has 0 unspecified atom stereocenters. The number of hydrogen-bond acceptors (Lipinski definition) is 4. The fourth-order valence-corrected chi connectivity index (χ4v) is 4.82.